The summed E-state index contributed by atoms with van der Waals surface area (Å²) >= 11 is 0. The second-order valence-electron chi connectivity index (χ2n) is 2.73. The van der Waals surface area contributed by atoms with E-state index in [9.17, 15) is 9.59 Å². The summed E-state index contributed by atoms with van der Waals surface area (Å²) in [6.45, 7) is -0.0157. The molecule has 0 fully saturated rings. The maximum Gasteiger partial charge on any atom is 0.318 e. The average molecular weight is 190 g/mol. The van der Waals surface area contributed by atoms with Gasteiger partial charge in [0, 0.05) is 0 Å². The lowest BCUT2D eigenvalue weighted by molar-refractivity contribution is -0.160. The number of rotatable bonds is 6. The van der Waals surface area contributed by atoms with Gasteiger partial charge < -0.3 is 25.1 Å². The summed E-state index contributed by atoms with van der Waals surface area (Å²) in [4.78, 5) is 20.7. The van der Waals surface area contributed by atoms with Crippen LogP contribution in [0.1, 0.15) is 6.92 Å². The Labute approximate surface area is 75.5 Å². The normalized spacial score (nSPS) is 10.7. The van der Waals surface area contributed by atoms with E-state index in [1.807, 2.05) is 5.32 Å². The lowest BCUT2D eigenvalue weighted by Crippen LogP contribution is -2.38. The fourth-order valence-electron chi connectivity index (χ4n) is 0.484. The molecule has 3 N–H and O–H groups in total. The second kappa shape index (κ2) is 5.50. The molecule has 76 valence electrons. The van der Waals surface area contributed by atoms with E-state index in [0.717, 1.165) is 0 Å². The van der Waals surface area contributed by atoms with E-state index >= 15 is 0 Å². The van der Waals surface area contributed by atoms with Gasteiger partial charge in [-0.05, 0) is 6.92 Å². The minimum Gasteiger partial charge on any atom is -0.520 e. The molecule has 0 aromatic heterocycles. The van der Waals surface area contributed by atoms with Gasteiger partial charge in [-0.2, -0.15) is 6.41 Å². The summed E-state index contributed by atoms with van der Waals surface area (Å²) in [5.74, 6) is -0.778. The van der Waals surface area contributed by atoms with Crippen molar-refractivity contribution in [1.82, 2.24) is 5.32 Å². The third kappa shape index (κ3) is 3.39. The molecule has 0 aliphatic carbocycles. The van der Waals surface area contributed by atoms with Crippen molar-refractivity contribution in [2.75, 3.05) is 19.9 Å². The Balaban J connectivity index is 3.99. The molecule has 0 atom stereocenters. The van der Waals surface area contributed by atoms with Crippen LogP contribution in [0, 0.1) is 5.41 Å². The van der Waals surface area contributed by atoms with Gasteiger partial charge >= 0.3 is 5.97 Å². The number of carbonyl (C=O) groups excluding carboxylic acids is 2. The molecule has 0 bridgehead atoms. The highest BCUT2D eigenvalue weighted by Crippen LogP contribution is 2.15. The molecule has 0 spiro atoms. The summed E-state index contributed by atoms with van der Waals surface area (Å²) in [6.07, 6.45) is 1.31. The van der Waals surface area contributed by atoms with Crippen molar-refractivity contribution in [3.05, 3.63) is 0 Å². The van der Waals surface area contributed by atoms with Crippen molar-refractivity contribution in [2.45, 2.75) is 6.92 Å². The number of aliphatic hydroxyl groups is 2. The molecule has 0 aliphatic rings. The van der Waals surface area contributed by atoms with Gasteiger partial charge in [0.15, 0.2) is 0 Å². The van der Waals surface area contributed by atoms with E-state index < -0.39 is 24.6 Å². The summed E-state index contributed by atoms with van der Waals surface area (Å²) in [5, 5.41) is 19.5. The Bertz CT molecular complexity index is 178. The Morgan fingerprint density at radius 2 is 2.08 bits per heavy atom. The molecule has 6 nitrogen and oxygen atoms in total. The van der Waals surface area contributed by atoms with Gasteiger partial charge in [-0.25, -0.2) is 0 Å². The molecule has 0 unspecified atom stereocenters. The van der Waals surface area contributed by atoms with Crippen LogP contribution in [0.4, 0.5) is 0 Å². The van der Waals surface area contributed by atoms with Gasteiger partial charge in [0.2, 0.25) is 0 Å². The molecule has 13 heavy (non-hydrogen) atoms. The first-order chi connectivity index (χ1) is 6.10. The van der Waals surface area contributed by atoms with E-state index in [1.54, 1.807) is 0 Å². The van der Waals surface area contributed by atoms with Crippen molar-refractivity contribution in [3.8, 4) is 0 Å². The van der Waals surface area contributed by atoms with E-state index in [1.165, 1.54) is 13.3 Å². The predicted octanol–water partition coefficient (Wildman–Crippen LogP) is -1.87. The summed E-state index contributed by atoms with van der Waals surface area (Å²) in [5.41, 5.74) is -1.33. The van der Waals surface area contributed by atoms with Crippen LogP contribution in [0.5, 0.6) is 0 Å². The van der Waals surface area contributed by atoms with Gasteiger partial charge in [-0.3, -0.25) is 4.79 Å². The summed E-state index contributed by atoms with van der Waals surface area (Å²) in [7, 11) is 0. The second-order valence-corrected chi connectivity index (χ2v) is 2.73. The smallest absolute Gasteiger partial charge is 0.318 e. The SMILES string of the molecule is CC(CO)(CO)C(=O)OCN[C-]=O. The Morgan fingerprint density at radius 1 is 1.54 bits per heavy atom. The number of hydrogen-bond acceptors (Lipinski definition) is 5. The van der Waals surface area contributed by atoms with Crippen molar-refractivity contribution in [2.24, 2.45) is 5.41 Å². The van der Waals surface area contributed by atoms with Crippen LogP contribution < -0.4 is 5.32 Å². The van der Waals surface area contributed by atoms with E-state index in [-0.39, 0.29) is 6.73 Å². The van der Waals surface area contributed by atoms with Crippen molar-refractivity contribution >= 4 is 12.4 Å². The molecule has 0 saturated heterocycles. The fraction of sp³-hybridized carbons (Fsp3) is 0.714. The molecule has 0 radical (unpaired) electrons. The number of ether oxygens (including phenoxy) is 1. The minimum atomic E-state index is -1.33. The summed E-state index contributed by atoms with van der Waals surface area (Å²) < 4.78 is 4.50. The van der Waals surface area contributed by atoms with Crippen molar-refractivity contribution in [1.29, 1.82) is 0 Å². The zero-order valence-corrected chi connectivity index (χ0v) is 7.24. The van der Waals surface area contributed by atoms with Gasteiger partial charge in [0.1, 0.15) is 12.1 Å². The monoisotopic (exact) mass is 190 g/mol. The number of nitrogens with one attached hydrogen (secondary N) is 1. The number of aliphatic hydroxyl groups excluding tert-OH is 2. The van der Waals surface area contributed by atoms with Crippen LogP contribution >= 0.6 is 0 Å². The Hall–Kier alpha value is -1.14. The van der Waals surface area contributed by atoms with E-state index in [2.05, 4.69) is 4.74 Å². The zero-order chi connectivity index (χ0) is 10.3. The molecule has 0 aliphatic heterocycles. The molecular weight excluding hydrogens is 178 g/mol. The van der Waals surface area contributed by atoms with Crippen LogP contribution in [0.3, 0.4) is 0 Å². The average Bonchev–Trinajstić information content (AvgIpc) is 2.17. The largest absolute Gasteiger partial charge is 0.520 e. The molecule has 0 aromatic rings. The van der Waals surface area contributed by atoms with Crippen molar-refractivity contribution in [3.63, 3.8) is 0 Å². The summed E-state index contributed by atoms with van der Waals surface area (Å²) in [6, 6.07) is 0. The quantitative estimate of drug-likeness (QED) is 0.150. The topological polar surface area (TPSA) is 95.9 Å². The molecule has 1 amide bonds. The molecule has 0 heterocycles. The highest BCUT2D eigenvalue weighted by molar-refractivity contribution is 5.76. The molecule has 6 heteroatoms. The Kier molecular flexibility index (Phi) is 5.01. The third-order valence-corrected chi connectivity index (χ3v) is 1.54. The number of hydrogen-bond donors (Lipinski definition) is 3. The highest BCUT2D eigenvalue weighted by atomic mass is 16.5. The maximum absolute atomic E-state index is 11.1. The molecule has 0 rings (SSSR count). The molecule has 0 saturated carbocycles. The molecule has 0 aromatic carbocycles. The van der Waals surface area contributed by atoms with Crippen LogP contribution in [0.15, 0.2) is 0 Å². The first-order valence-electron chi connectivity index (χ1n) is 3.59. The van der Waals surface area contributed by atoms with Gasteiger partial charge in [0.25, 0.3) is 0 Å². The van der Waals surface area contributed by atoms with E-state index in [4.69, 9.17) is 10.2 Å². The third-order valence-electron chi connectivity index (χ3n) is 1.54. The molecular formula is C7H12NO5-. The number of amides is 1. The fourth-order valence-corrected chi connectivity index (χ4v) is 0.484. The van der Waals surface area contributed by atoms with Gasteiger partial charge in [-0.1, -0.05) is 0 Å². The maximum atomic E-state index is 11.1. The minimum absolute atomic E-state index is 0.322. The lowest BCUT2D eigenvalue weighted by Gasteiger charge is -2.22. The number of carbonyl (C=O) groups is 1. The first-order valence-corrected chi connectivity index (χ1v) is 3.59. The van der Waals surface area contributed by atoms with Crippen LogP contribution in [-0.4, -0.2) is 42.5 Å². The van der Waals surface area contributed by atoms with Gasteiger partial charge in [-0.15, -0.1) is 0 Å². The lowest BCUT2D eigenvalue weighted by atomic mass is 9.93. The van der Waals surface area contributed by atoms with Crippen LogP contribution in [0.25, 0.3) is 0 Å². The van der Waals surface area contributed by atoms with Gasteiger partial charge in [0.05, 0.1) is 13.2 Å². The predicted molar refractivity (Wildman–Crippen MR) is 42.1 cm³/mol. The standard InChI is InChI=1S/C7H12NO5/c1-7(2-9,3-10)6(12)13-5-8-4-11/h9-10H,2-3,5H2,1H3,(H,8,11)/q-1. The Morgan fingerprint density at radius 3 is 2.46 bits per heavy atom. The zero-order valence-electron chi connectivity index (χ0n) is 7.24. The van der Waals surface area contributed by atoms with Crippen LogP contribution in [-0.2, 0) is 14.3 Å². The highest BCUT2D eigenvalue weighted by Gasteiger charge is 2.33. The van der Waals surface area contributed by atoms with Crippen LogP contribution in [0.2, 0.25) is 0 Å². The number of esters is 1. The van der Waals surface area contributed by atoms with Crippen molar-refractivity contribution < 1.29 is 24.5 Å². The first kappa shape index (κ1) is 11.9. The van der Waals surface area contributed by atoms with E-state index in [0.29, 0.717) is 0 Å².